The molecule has 0 bridgehead atoms. The summed E-state index contributed by atoms with van der Waals surface area (Å²) in [5, 5.41) is 0. The van der Waals surface area contributed by atoms with Crippen LogP contribution in [0.2, 0.25) is 0 Å². The second-order valence-electron chi connectivity index (χ2n) is 0. The molecule has 3 heteroatoms. The van der Waals surface area contributed by atoms with Crippen LogP contribution in [0, 0.1) is 0 Å². The predicted octanol–water partition coefficient (Wildman–Crippen LogP) is 1.36. The van der Waals surface area contributed by atoms with E-state index >= 15 is 0 Å². The predicted molar refractivity (Wildman–Crippen MR) is 16.1 cm³/mol. The van der Waals surface area contributed by atoms with Crippen LogP contribution in [0.3, 0.4) is 0 Å². The Labute approximate surface area is 38.6 Å². The summed E-state index contributed by atoms with van der Waals surface area (Å²) in [7, 11) is 5.45. The van der Waals surface area contributed by atoms with Crippen molar-refractivity contribution in [3.63, 3.8) is 0 Å². The molecular formula is CH4ClCuN. The maximum atomic E-state index is 5.75. The Hall–Kier alpha value is 0.769. The normalized spacial score (nSPS) is 3.25. The van der Waals surface area contributed by atoms with Gasteiger partial charge in [-0.3, -0.25) is 0 Å². The van der Waals surface area contributed by atoms with Crippen LogP contribution in [0.5, 0.6) is 0 Å². The molecule has 0 aliphatic carbocycles. The van der Waals surface area contributed by atoms with Gasteiger partial charge >= 0.3 is 25.2 Å². The number of rotatable bonds is 0. The molecule has 0 unspecified atom stereocenters. The van der Waals surface area contributed by atoms with Gasteiger partial charge in [0.25, 0.3) is 0 Å². The van der Waals surface area contributed by atoms with Crippen molar-refractivity contribution in [1.82, 2.24) is 0 Å². The molecule has 31 valence electrons. The molecule has 0 spiro atoms. The number of nitrogens with one attached hydrogen (secondary N) is 1. The molecule has 0 saturated carbocycles. The summed E-state index contributed by atoms with van der Waals surface area (Å²) in [6.45, 7) is 0. The first kappa shape index (κ1) is 8.84. The zero-order chi connectivity index (χ0) is 4.00. The molecular weight excluding hydrogens is 125 g/mol. The van der Waals surface area contributed by atoms with E-state index in [0.717, 1.165) is 0 Å². The van der Waals surface area contributed by atoms with Crippen molar-refractivity contribution in [2.75, 3.05) is 7.05 Å². The SMILES string of the molecule is C[NH-].[Cl][Cu+]. The van der Waals surface area contributed by atoms with Gasteiger partial charge in [-0.1, -0.05) is 0 Å². The fraction of sp³-hybridized carbons (Fsp3) is 1.00. The van der Waals surface area contributed by atoms with Gasteiger partial charge in [0.15, 0.2) is 0 Å². The summed E-state index contributed by atoms with van der Waals surface area (Å²) in [5.41, 5.74) is 5.75. The first-order chi connectivity index (χ1) is 2.00. The molecule has 0 aromatic heterocycles. The van der Waals surface area contributed by atoms with E-state index in [1.165, 1.54) is 7.05 Å². The van der Waals surface area contributed by atoms with Crippen LogP contribution in [0.25, 0.3) is 5.73 Å². The molecule has 0 aliphatic heterocycles. The molecule has 0 aromatic rings. The van der Waals surface area contributed by atoms with Crippen molar-refractivity contribution >= 4 is 10.1 Å². The van der Waals surface area contributed by atoms with Gasteiger partial charge in [0.05, 0.1) is 0 Å². The summed E-state index contributed by atoms with van der Waals surface area (Å²) in [6.07, 6.45) is 0. The van der Waals surface area contributed by atoms with Gasteiger partial charge in [0, 0.05) is 0 Å². The Morgan fingerprint density at radius 2 is 1.50 bits per heavy atom. The van der Waals surface area contributed by atoms with Crippen LogP contribution in [-0.2, 0) is 15.1 Å². The zero-order valence-electron chi connectivity index (χ0n) is 2.18. The summed E-state index contributed by atoms with van der Waals surface area (Å²) in [6, 6.07) is 0. The fourth-order valence-corrected chi connectivity index (χ4v) is 0. The average molecular weight is 129 g/mol. The average Bonchev–Trinajstić information content (AvgIpc) is 1.50. The molecule has 0 aliphatic rings. The van der Waals surface area contributed by atoms with Crippen molar-refractivity contribution in [1.29, 1.82) is 0 Å². The topological polar surface area (TPSA) is 23.8 Å². The number of hydrogen-bond acceptors (Lipinski definition) is 0. The summed E-state index contributed by atoms with van der Waals surface area (Å²) in [4.78, 5) is 0. The number of halogens is 1. The summed E-state index contributed by atoms with van der Waals surface area (Å²) < 4.78 is 0. The van der Waals surface area contributed by atoms with Crippen LogP contribution in [0.15, 0.2) is 0 Å². The minimum absolute atomic E-state index is 1.25. The third kappa shape index (κ3) is 14.6. The molecule has 0 atom stereocenters. The third-order valence-corrected chi connectivity index (χ3v) is 0. The van der Waals surface area contributed by atoms with E-state index in [-0.39, 0.29) is 0 Å². The van der Waals surface area contributed by atoms with Gasteiger partial charge in [0.1, 0.15) is 0 Å². The van der Waals surface area contributed by atoms with E-state index in [2.05, 4.69) is 25.2 Å². The van der Waals surface area contributed by atoms with Crippen molar-refractivity contribution in [2.45, 2.75) is 0 Å². The maximum absolute atomic E-state index is 5.75. The van der Waals surface area contributed by atoms with Gasteiger partial charge in [-0.2, -0.15) is 7.05 Å². The second-order valence-corrected chi connectivity index (χ2v) is 0. The Bertz CT molecular complexity index is 8.00. The first-order valence-corrected chi connectivity index (χ1v) is 1.91. The van der Waals surface area contributed by atoms with Crippen LogP contribution in [0.1, 0.15) is 0 Å². The molecule has 4 heavy (non-hydrogen) atoms. The Morgan fingerprint density at radius 3 is 1.50 bits per heavy atom. The fourth-order valence-electron chi connectivity index (χ4n) is 0. The third-order valence-electron chi connectivity index (χ3n) is 0. The molecule has 0 heterocycles. The first-order valence-electron chi connectivity index (χ1n) is 0.614. The molecule has 0 rings (SSSR count). The van der Waals surface area contributed by atoms with Crippen molar-refractivity contribution in [3.8, 4) is 0 Å². The molecule has 0 amide bonds. The molecule has 0 aromatic carbocycles. The van der Waals surface area contributed by atoms with Crippen LogP contribution in [-0.4, -0.2) is 7.05 Å². The van der Waals surface area contributed by atoms with E-state index in [1.54, 1.807) is 0 Å². The van der Waals surface area contributed by atoms with Crippen molar-refractivity contribution < 1.29 is 15.1 Å². The molecule has 1 N–H and O–H groups in total. The quantitative estimate of drug-likeness (QED) is 0.441. The Balaban J connectivity index is 0. The summed E-state index contributed by atoms with van der Waals surface area (Å²) >= 11 is 3.66. The van der Waals surface area contributed by atoms with Crippen LogP contribution in [0.4, 0.5) is 0 Å². The van der Waals surface area contributed by atoms with E-state index in [1.807, 2.05) is 0 Å². The van der Waals surface area contributed by atoms with Gasteiger partial charge < -0.3 is 5.73 Å². The van der Waals surface area contributed by atoms with E-state index in [0.29, 0.717) is 0 Å². The monoisotopic (exact) mass is 128 g/mol. The van der Waals surface area contributed by atoms with Crippen LogP contribution < -0.4 is 0 Å². The van der Waals surface area contributed by atoms with Gasteiger partial charge in [0.2, 0.25) is 0 Å². The van der Waals surface area contributed by atoms with E-state index in [9.17, 15) is 0 Å². The van der Waals surface area contributed by atoms with Gasteiger partial charge in [-0.25, -0.2) is 0 Å². The van der Waals surface area contributed by atoms with Crippen LogP contribution >= 0.6 is 10.1 Å². The molecule has 0 saturated heterocycles. The van der Waals surface area contributed by atoms with Crippen molar-refractivity contribution in [3.05, 3.63) is 5.73 Å². The second kappa shape index (κ2) is 48.8. The Kier molecular flexibility index (Phi) is 108. The van der Waals surface area contributed by atoms with E-state index < -0.39 is 0 Å². The molecule has 0 radical (unpaired) electrons. The minimum atomic E-state index is 1.25. The molecule has 1 nitrogen and oxygen atoms in total. The van der Waals surface area contributed by atoms with Gasteiger partial charge in [-0.05, 0) is 0 Å². The standard InChI is InChI=1S/CH4N.ClH.Cu/c1-2;;/h2H,1H3;1H;/q-1;;+2/p-1. The number of hydrogen-bond donors (Lipinski definition) is 0. The molecule has 0 fully saturated rings. The Morgan fingerprint density at radius 1 is 1.50 bits per heavy atom. The van der Waals surface area contributed by atoms with Gasteiger partial charge in [-0.15, -0.1) is 0 Å². The van der Waals surface area contributed by atoms with E-state index in [4.69, 9.17) is 5.73 Å². The summed E-state index contributed by atoms with van der Waals surface area (Å²) in [5.74, 6) is 0. The zero-order valence-corrected chi connectivity index (χ0v) is 3.88. The van der Waals surface area contributed by atoms with Crippen molar-refractivity contribution in [2.24, 2.45) is 0 Å².